The molecule has 0 aliphatic rings. The Kier molecular flexibility index (Phi) is 3.05. The van der Waals surface area contributed by atoms with Crippen LogP contribution in [0.1, 0.15) is 17.0 Å². The summed E-state index contributed by atoms with van der Waals surface area (Å²) < 4.78 is 0. The molecule has 0 N–H and O–H groups in total. The molecule has 0 bridgehead atoms. The summed E-state index contributed by atoms with van der Waals surface area (Å²) in [4.78, 5) is 12.5. The first-order valence-electron chi connectivity index (χ1n) is 5.13. The molecule has 0 atom stereocenters. The molecule has 16 heavy (non-hydrogen) atoms. The molecule has 1 heterocycles. The normalized spacial score (nSPS) is 10.9. The lowest BCUT2D eigenvalue weighted by Gasteiger charge is -1.95. The van der Waals surface area contributed by atoms with Crippen molar-refractivity contribution in [1.82, 2.24) is 9.97 Å². The maximum absolute atomic E-state index is 4.34. The molecular formula is C13H13N3. The zero-order chi connectivity index (χ0) is 11.4. The van der Waals surface area contributed by atoms with E-state index in [1.54, 1.807) is 18.6 Å². The van der Waals surface area contributed by atoms with Crippen LogP contribution in [0.5, 0.6) is 0 Å². The van der Waals surface area contributed by atoms with E-state index in [-0.39, 0.29) is 0 Å². The first-order chi connectivity index (χ1) is 7.74. The number of hydrogen-bond donors (Lipinski definition) is 0. The molecular weight excluding hydrogens is 198 g/mol. The molecule has 2 rings (SSSR count). The van der Waals surface area contributed by atoms with Crippen LogP contribution in [0.2, 0.25) is 0 Å². The standard InChI is InChI=1S/C13H13N3/c1-10-3-5-13(6-4-10)16-9-12-7-14-11(2)15-8-12/h3-9H,1-2H3. The van der Waals surface area contributed by atoms with Gasteiger partial charge < -0.3 is 0 Å². The van der Waals surface area contributed by atoms with Crippen molar-refractivity contribution in [2.75, 3.05) is 0 Å². The van der Waals surface area contributed by atoms with Crippen molar-refractivity contribution in [2.24, 2.45) is 4.99 Å². The third-order valence-corrected chi connectivity index (χ3v) is 2.20. The highest BCUT2D eigenvalue weighted by atomic mass is 14.8. The molecule has 3 nitrogen and oxygen atoms in total. The maximum Gasteiger partial charge on any atom is 0.125 e. The van der Waals surface area contributed by atoms with Gasteiger partial charge >= 0.3 is 0 Å². The van der Waals surface area contributed by atoms with Gasteiger partial charge in [-0.05, 0) is 26.0 Å². The van der Waals surface area contributed by atoms with Crippen LogP contribution >= 0.6 is 0 Å². The summed E-state index contributed by atoms with van der Waals surface area (Å²) in [5, 5.41) is 0. The Balaban J connectivity index is 2.15. The predicted molar refractivity (Wildman–Crippen MR) is 65.2 cm³/mol. The highest BCUT2D eigenvalue weighted by Crippen LogP contribution is 2.12. The van der Waals surface area contributed by atoms with Gasteiger partial charge in [-0.15, -0.1) is 0 Å². The summed E-state index contributed by atoms with van der Waals surface area (Å²) in [6.45, 7) is 3.92. The lowest BCUT2D eigenvalue weighted by Crippen LogP contribution is -1.89. The predicted octanol–water partition coefficient (Wildman–Crippen LogP) is 2.84. The van der Waals surface area contributed by atoms with E-state index in [9.17, 15) is 0 Å². The number of nitrogens with zero attached hydrogens (tertiary/aromatic N) is 3. The molecule has 1 aromatic carbocycles. The van der Waals surface area contributed by atoms with Crippen molar-refractivity contribution in [1.29, 1.82) is 0 Å². The van der Waals surface area contributed by atoms with Crippen molar-refractivity contribution in [3.8, 4) is 0 Å². The van der Waals surface area contributed by atoms with Crippen LogP contribution in [-0.4, -0.2) is 16.2 Å². The molecule has 0 aliphatic heterocycles. The summed E-state index contributed by atoms with van der Waals surface area (Å²) >= 11 is 0. The molecule has 0 saturated carbocycles. The SMILES string of the molecule is Cc1ccc(N=Cc2cnc(C)nc2)cc1. The van der Waals surface area contributed by atoms with E-state index in [0.29, 0.717) is 0 Å². The molecule has 0 saturated heterocycles. The first-order valence-corrected chi connectivity index (χ1v) is 5.13. The molecule has 0 spiro atoms. The third-order valence-electron chi connectivity index (χ3n) is 2.20. The van der Waals surface area contributed by atoms with Gasteiger partial charge in [-0.1, -0.05) is 17.7 Å². The quantitative estimate of drug-likeness (QED) is 0.716. The molecule has 0 radical (unpaired) electrons. The summed E-state index contributed by atoms with van der Waals surface area (Å²) in [7, 11) is 0. The highest BCUT2D eigenvalue weighted by molar-refractivity contribution is 5.80. The van der Waals surface area contributed by atoms with E-state index in [1.807, 2.05) is 31.2 Å². The van der Waals surface area contributed by atoms with Gasteiger partial charge in [0.25, 0.3) is 0 Å². The molecule has 1 aromatic heterocycles. The van der Waals surface area contributed by atoms with Crippen molar-refractivity contribution >= 4 is 11.9 Å². The number of aromatic nitrogens is 2. The molecule has 2 aromatic rings. The van der Waals surface area contributed by atoms with Gasteiger partial charge in [0.1, 0.15) is 5.82 Å². The van der Waals surface area contributed by atoms with Gasteiger partial charge in [0, 0.05) is 24.2 Å². The first kappa shape index (κ1) is 10.5. The lowest BCUT2D eigenvalue weighted by molar-refractivity contribution is 1.05. The zero-order valence-electron chi connectivity index (χ0n) is 9.38. The molecule has 0 fully saturated rings. The Bertz CT molecular complexity index is 436. The van der Waals surface area contributed by atoms with Gasteiger partial charge in [0.15, 0.2) is 0 Å². The summed E-state index contributed by atoms with van der Waals surface area (Å²) in [6, 6.07) is 8.05. The van der Waals surface area contributed by atoms with Gasteiger partial charge in [-0.25, -0.2) is 9.97 Å². The topological polar surface area (TPSA) is 38.1 Å². The highest BCUT2D eigenvalue weighted by Gasteiger charge is 1.91. The second-order valence-corrected chi connectivity index (χ2v) is 3.66. The zero-order valence-corrected chi connectivity index (χ0v) is 9.38. The number of benzene rings is 1. The monoisotopic (exact) mass is 211 g/mol. The second kappa shape index (κ2) is 4.66. The molecule has 80 valence electrons. The van der Waals surface area contributed by atoms with E-state index < -0.39 is 0 Å². The van der Waals surface area contributed by atoms with Crippen LogP contribution in [0.3, 0.4) is 0 Å². The minimum atomic E-state index is 0.771. The fourth-order valence-corrected chi connectivity index (χ4v) is 1.25. The van der Waals surface area contributed by atoms with Crippen LogP contribution < -0.4 is 0 Å². The average molecular weight is 211 g/mol. The van der Waals surface area contributed by atoms with Crippen LogP contribution in [0.15, 0.2) is 41.7 Å². The number of aryl methyl sites for hydroxylation is 2. The Morgan fingerprint density at radius 2 is 1.62 bits per heavy atom. The van der Waals surface area contributed by atoms with Gasteiger partial charge in [0.2, 0.25) is 0 Å². The van der Waals surface area contributed by atoms with Crippen LogP contribution in [0, 0.1) is 13.8 Å². The maximum atomic E-state index is 4.34. The molecule has 0 amide bonds. The lowest BCUT2D eigenvalue weighted by atomic mass is 10.2. The van der Waals surface area contributed by atoms with Crippen molar-refractivity contribution in [3.63, 3.8) is 0 Å². The summed E-state index contributed by atoms with van der Waals surface area (Å²) in [5.41, 5.74) is 3.08. The van der Waals surface area contributed by atoms with E-state index in [1.165, 1.54) is 5.56 Å². The number of hydrogen-bond acceptors (Lipinski definition) is 3. The largest absolute Gasteiger partial charge is 0.256 e. The van der Waals surface area contributed by atoms with E-state index >= 15 is 0 Å². The Labute approximate surface area is 94.9 Å². The third kappa shape index (κ3) is 2.73. The average Bonchev–Trinajstić information content (AvgIpc) is 2.30. The Hall–Kier alpha value is -2.03. The minimum Gasteiger partial charge on any atom is -0.256 e. The van der Waals surface area contributed by atoms with Crippen LogP contribution in [-0.2, 0) is 0 Å². The smallest absolute Gasteiger partial charge is 0.125 e. The Morgan fingerprint density at radius 1 is 1.00 bits per heavy atom. The van der Waals surface area contributed by atoms with Gasteiger partial charge in [0.05, 0.1) is 5.69 Å². The fraction of sp³-hybridized carbons (Fsp3) is 0.154. The van der Waals surface area contributed by atoms with E-state index in [2.05, 4.69) is 21.9 Å². The van der Waals surface area contributed by atoms with E-state index in [0.717, 1.165) is 17.1 Å². The second-order valence-electron chi connectivity index (χ2n) is 3.66. The summed E-state index contributed by atoms with van der Waals surface area (Å²) in [6.07, 6.45) is 5.30. The van der Waals surface area contributed by atoms with E-state index in [4.69, 9.17) is 0 Å². The van der Waals surface area contributed by atoms with Gasteiger partial charge in [-0.3, -0.25) is 4.99 Å². The minimum absolute atomic E-state index is 0.771. The number of aliphatic imine (C=N–C) groups is 1. The van der Waals surface area contributed by atoms with Crippen molar-refractivity contribution < 1.29 is 0 Å². The molecule has 3 heteroatoms. The summed E-state index contributed by atoms with van der Waals surface area (Å²) in [5.74, 6) is 0.771. The van der Waals surface area contributed by atoms with Crippen molar-refractivity contribution in [3.05, 3.63) is 53.6 Å². The van der Waals surface area contributed by atoms with Crippen molar-refractivity contribution in [2.45, 2.75) is 13.8 Å². The van der Waals surface area contributed by atoms with Gasteiger partial charge in [-0.2, -0.15) is 0 Å². The fourth-order valence-electron chi connectivity index (χ4n) is 1.25. The molecule has 0 aliphatic carbocycles. The Morgan fingerprint density at radius 3 is 2.25 bits per heavy atom. The van der Waals surface area contributed by atoms with Crippen LogP contribution in [0.4, 0.5) is 5.69 Å². The number of rotatable bonds is 2. The van der Waals surface area contributed by atoms with Crippen LogP contribution in [0.25, 0.3) is 0 Å². The molecule has 0 unspecified atom stereocenters.